The highest BCUT2D eigenvalue weighted by atomic mass is 16.2. The summed E-state index contributed by atoms with van der Waals surface area (Å²) < 4.78 is 0. The zero-order valence-corrected chi connectivity index (χ0v) is 14.1. The maximum Gasteiger partial charge on any atom is 0.254 e. The van der Waals surface area contributed by atoms with Gasteiger partial charge in [0.15, 0.2) is 0 Å². The first-order valence-corrected chi connectivity index (χ1v) is 8.80. The average Bonchev–Trinajstić information content (AvgIpc) is 2.98. The second-order valence-electron chi connectivity index (χ2n) is 6.70. The smallest absolute Gasteiger partial charge is 0.254 e. The Morgan fingerprint density at radius 3 is 2.84 bits per heavy atom. The Hall–Kier alpha value is -2.69. The third-order valence-corrected chi connectivity index (χ3v) is 5.11. The fourth-order valence-electron chi connectivity index (χ4n) is 3.85. The lowest BCUT2D eigenvalue weighted by molar-refractivity contribution is -0.135. The van der Waals surface area contributed by atoms with Crippen molar-refractivity contribution in [2.24, 2.45) is 0 Å². The minimum atomic E-state index is -0.0427. The van der Waals surface area contributed by atoms with Crippen LogP contribution in [0.5, 0.6) is 0 Å². The molecule has 3 heterocycles. The van der Waals surface area contributed by atoms with Crippen LogP contribution in [0.3, 0.4) is 0 Å². The number of carbonyl (C=O) groups is 2. The van der Waals surface area contributed by atoms with Gasteiger partial charge in [0.05, 0.1) is 6.04 Å². The van der Waals surface area contributed by atoms with Crippen molar-refractivity contribution >= 4 is 11.8 Å². The van der Waals surface area contributed by atoms with Crippen LogP contribution >= 0.6 is 0 Å². The van der Waals surface area contributed by atoms with Crippen molar-refractivity contribution in [3.05, 3.63) is 65.5 Å². The number of carbonyl (C=O) groups excluding carboxylic acids is 2. The summed E-state index contributed by atoms with van der Waals surface area (Å²) in [4.78, 5) is 33.2. The number of likely N-dealkylation sites (tertiary alicyclic amines) is 1. The second-order valence-corrected chi connectivity index (χ2v) is 6.70. The Bertz CT molecular complexity index is 791. The molecule has 0 radical (unpaired) electrons. The van der Waals surface area contributed by atoms with Gasteiger partial charge in [-0.25, -0.2) is 0 Å². The van der Waals surface area contributed by atoms with Crippen molar-refractivity contribution < 1.29 is 9.59 Å². The molecule has 1 saturated heterocycles. The Kier molecular flexibility index (Phi) is 4.22. The molecule has 0 N–H and O–H groups in total. The molecule has 1 aromatic heterocycles. The van der Waals surface area contributed by atoms with E-state index in [1.807, 2.05) is 47.5 Å². The molecule has 0 unspecified atom stereocenters. The Labute approximate surface area is 147 Å². The molecule has 0 bridgehead atoms. The summed E-state index contributed by atoms with van der Waals surface area (Å²) in [6, 6.07) is 11.6. The zero-order chi connectivity index (χ0) is 17.2. The molecule has 25 heavy (non-hydrogen) atoms. The summed E-state index contributed by atoms with van der Waals surface area (Å²) in [7, 11) is 0. The first kappa shape index (κ1) is 15.8. The summed E-state index contributed by atoms with van der Waals surface area (Å²) in [6.45, 7) is 1.41. The van der Waals surface area contributed by atoms with E-state index in [1.54, 1.807) is 11.1 Å². The summed E-state index contributed by atoms with van der Waals surface area (Å²) in [5.74, 6) is -0.0198. The molecule has 128 valence electrons. The quantitative estimate of drug-likeness (QED) is 0.867. The Morgan fingerprint density at radius 1 is 1.16 bits per heavy atom. The summed E-state index contributed by atoms with van der Waals surface area (Å²) in [6.07, 6.45) is 6.66. The monoisotopic (exact) mass is 335 g/mol. The predicted octanol–water partition coefficient (Wildman–Crippen LogP) is 2.79. The van der Waals surface area contributed by atoms with E-state index in [0.29, 0.717) is 6.54 Å². The topological polar surface area (TPSA) is 53.5 Å². The second kappa shape index (κ2) is 6.67. The fourth-order valence-corrected chi connectivity index (χ4v) is 3.85. The van der Waals surface area contributed by atoms with Crippen LogP contribution in [0.25, 0.3) is 0 Å². The van der Waals surface area contributed by atoms with Crippen molar-refractivity contribution in [2.45, 2.75) is 31.8 Å². The third-order valence-electron chi connectivity index (χ3n) is 5.11. The van der Waals surface area contributed by atoms with Gasteiger partial charge in [-0.15, -0.1) is 0 Å². The van der Waals surface area contributed by atoms with E-state index >= 15 is 0 Å². The predicted molar refractivity (Wildman–Crippen MR) is 93.7 cm³/mol. The molecule has 1 fully saturated rings. The molecule has 2 aromatic rings. The van der Waals surface area contributed by atoms with E-state index in [9.17, 15) is 9.59 Å². The first-order chi connectivity index (χ1) is 12.2. The Balaban J connectivity index is 1.50. The number of rotatable bonds is 3. The minimum Gasteiger partial charge on any atom is -0.334 e. The lowest BCUT2D eigenvalue weighted by Gasteiger charge is -2.36. The van der Waals surface area contributed by atoms with Crippen LogP contribution in [-0.4, -0.2) is 39.7 Å². The SMILES string of the molecule is O=C1c2ccccc2CN1CC(=O)N1CCCC[C@@H]1c1cccnc1. The lowest BCUT2D eigenvalue weighted by atomic mass is 9.96. The van der Waals surface area contributed by atoms with Crippen LogP contribution in [-0.2, 0) is 11.3 Å². The van der Waals surface area contributed by atoms with Gasteiger partial charge in [-0.3, -0.25) is 14.6 Å². The molecule has 5 heteroatoms. The van der Waals surface area contributed by atoms with Crippen molar-refractivity contribution in [3.63, 3.8) is 0 Å². The normalized spacial score (nSPS) is 19.8. The van der Waals surface area contributed by atoms with Gasteiger partial charge in [0, 0.05) is 31.0 Å². The first-order valence-electron chi connectivity index (χ1n) is 8.80. The average molecular weight is 335 g/mol. The van der Waals surface area contributed by atoms with Crippen LogP contribution < -0.4 is 0 Å². The maximum atomic E-state index is 12.9. The zero-order valence-electron chi connectivity index (χ0n) is 14.1. The number of amides is 2. The van der Waals surface area contributed by atoms with Gasteiger partial charge in [0.25, 0.3) is 5.91 Å². The third kappa shape index (κ3) is 3.02. The number of benzene rings is 1. The van der Waals surface area contributed by atoms with Gasteiger partial charge in [0.1, 0.15) is 6.54 Å². The van der Waals surface area contributed by atoms with Crippen molar-refractivity contribution in [1.29, 1.82) is 0 Å². The molecular weight excluding hydrogens is 314 g/mol. The fraction of sp³-hybridized carbons (Fsp3) is 0.350. The van der Waals surface area contributed by atoms with Crippen molar-refractivity contribution in [2.75, 3.05) is 13.1 Å². The standard InChI is InChI=1S/C20H21N3O2/c24-19(14-22-13-16-6-1-2-8-17(16)20(22)25)23-11-4-3-9-18(23)15-7-5-10-21-12-15/h1-2,5-8,10,12,18H,3-4,9,11,13-14H2/t18-/m1/s1. The summed E-state index contributed by atoms with van der Waals surface area (Å²) >= 11 is 0. The van der Waals surface area contributed by atoms with E-state index in [1.165, 1.54) is 0 Å². The van der Waals surface area contributed by atoms with Crippen LogP contribution in [0.4, 0.5) is 0 Å². The molecule has 1 aromatic carbocycles. The number of hydrogen-bond acceptors (Lipinski definition) is 3. The molecule has 2 aliphatic rings. The highest BCUT2D eigenvalue weighted by Gasteiger charge is 2.33. The summed E-state index contributed by atoms with van der Waals surface area (Å²) in [5, 5.41) is 0. The highest BCUT2D eigenvalue weighted by Crippen LogP contribution is 2.31. The highest BCUT2D eigenvalue weighted by molar-refractivity contribution is 6.00. The lowest BCUT2D eigenvalue weighted by Crippen LogP contribution is -2.44. The van der Waals surface area contributed by atoms with Crippen molar-refractivity contribution in [3.8, 4) is 0 Å². The molecule has 1 atom stereocenters. The van der Waals surface area contributed by atoms with Gasteiger partial charge in [-0.05, 0) is 42.5 Å². The molecule has 4 rings (SSSR count). The molecule has 5 nitrogen and oxygen atoms in total. The number of piperidine rings is 1. The Morgan fingerprint density at radius 2 is 2.04 bits per heavy atom. The number of pyridine rings is 1. The van der Waals surface area contributed by atoms with E-state index in [4.69, 9.17) is 0 Å². The molecular formula is C20H21N3O2. The maximum absolute atomic E-state index is 12.9. The molecule has 2 amide bonds. The van der Waals surface area contributed by atoms with Crippen LogP contribution in [0.1, 0.15) is 46.8 Å². The van der Waals surface area contributed by atoms with E-state index < -0.39 is 0 Å². The molecule has 0 aliphatic carbocycles. The van der Waals surface area contributed by atoms with Crippen molar-refractivity contribution in [1.82, 2.24) is 14.8 Å². The van der Waals surface area contributed by atoms with Gasteiger partial charge in [-0.2, -0.15) is 0 Å². The number of fused-ring (bicyclic) bond motifs is 1. The van der Waals surface area contributed by atoms with E-state index in [-0.39, 0.29) is 24.4 Å². The van der Waals surface area contributed by atoms with Crippen LogP contribution in [0, 0.1) is 0 Å². The van der Waals surface area contributed by atoms with Crippen LogP contribution in [0.2, 0.25) is 0 Å². The van der Waals surface area contributed by atoms with E-state index in [0.717, 1.165) is 42.5 Å². The van der Waals surface area contributed by atoms with Gasteiger partial charge < -0.3 is 9.80 Å². The molecule has 0 saturated carbocycles. The van der Waals surface area contributed by atoms with Crippen LogP contribution in [0.15, 0.2) is 48.8 Å². The van der Waals surface area contributed by atoms with E-state index in [2.05, 4.69) is 4.98 Å². The number of aromatic nitrogens is 1. The number of hydrogen-bond donors (Lipinski definition) is 0. The van der Waals surface area contributed by atoms with Gasteiger partial charge in [0.2, 0.25) is 5.91 Å². The van der Waals surface area contributed by atoms with Gasteiger partial charge in [-0.1, -0.05) is 24.3 Å². The largest absolute Gasteiger partial charge is 0.334 e. The van der Waals surface area contributed by atoms with Gasteiger partial charge >= 0.3 is 0 Å². The minimum absolute atomic E-state index is 0.0229. The molecule has 2 aliphatic heterocycles. The number of nitrogens with zero attached hydrogens (tertiary/aromatic N) is 3. The molecule has 0 spiro atoms. The summed E-state index contributed by atoms with van der Waals surface area (Å²) in [5.41, 5.74) is 2.80.